The Bertz CT molecular complexity index is 615. The molecule has 0 radical (unpaired) electrons. The van der Waals surface area contributed by atoms with Crippen molar-refractivity contribution < 1.29 is 4.79 Å². The Morgan fingerprint density at radius 3 is 2.62 bits per heavy atom. The average Bonchev–Trinajstić information content (AvgIpc) is 2.50. The van der Waals surface area contributed by atoms with Crippen molar-refractivity contribution in [1.82, 2.24) is 4.90 Å². The highest BCUT2D eigenvalue weighted by atomic mass is 127. The van der Waals surface area contributed by atoms with Crippen molar-refractivity contribution in [1.29, 1.82) is 0 Å². The minimum absolute atomic E-state index is 0.0634. The van der Waals surface area contributed by atoms with Crippen LogP contribution in [0.4, 0.5) is 0 Å². The number of hydrogen-bond acceptors (Lipinski definition) is 1. The molecule has 0 fully saturated rings. The van der Waals surface area contributed by atoms with Crippen molar-refractivity contribution >= 4 is 44.4 Å². The van der Waals surface area contributed by atoms with Gasteiger partial charge < -0.3 is 4.90 Å². The first-order valence-corrected chi connectivity index (χ1v) is 8.69. The summed E-state index contributed by atoms with van der Waals surface area (Å²) in [6, 6.07) is 16.2. The van der Waals surface area contributed by atoms with Gasteiger partial charge in [-0.3, -0.25) is 4.79 Å². The van der Waals surface area contributed by atoms with Crippen LogP contribution in [-0.2, 0) is 6.42 Å². The second kappa shape index (κ2) is 7.94. The topological polar surface area (TPSA) is 20.3 Å². The zero-order valence-electron chi connectivity index (χ0n) is 11.9. The Kier molecular flexibility index (Phi) is 6.23. The molecule has 0 atom stereocenters. The summed E-state index contributed by atoms with van der Waals surface area (Å²) in [5.41, 5.74) is 2.04. The molecular weight excluding hydrogens is 441 g/mol. The molecule has 2 nitrogen and oxygen atoms in total. The zero-order valence-corrected chi connectivity index (χ0v) is 15.6. The van der Waals surface area contributed by atoms with Crippen molar-refractivity contribution in [2.75, 3.05) is 13.6 Å². The number of nitrogens with zero attached hydrogens (tertiary/aromatic N) is 1. The van der Waals surface area contributed by atoms with Crippen LogP contribution >= 0.6 is 38.5 Å². The molecule has 0 aliphatic rings. The molecule has 0 aliphatic heterocycles. The Labute approximate surface area is 147 Å². The van der Waals surface area contributed by atoms with Gasteiger partial charge in [-0.25, -0.2) is 0 Å². The van der Waals surface area contributed by atoms with Crippen molar-refractivity contribution in [2.24, 2.45) is 0 Å². The van der Waals surface area contributed by atoms with Gasteiger partial charge in [0.2, 0.25) is 0 Å². The van der Waals surface area contributed by atoms with Gasteiger partial charge in [0.25, 0.3) is 5.91 Å². The van der Waals surface area contributed by atoms with E-state index >= 15 is 0 Å². The van der Waals surface area contributed by atoms with E-state index in [2.05, 4.69) is 50.7 Å². The molecule has 2 aromatic rings. The number of carbonyl (C=O) groups excluding carboxylic acids is 1. The fourth-order valence-corrected chi connectivity index (χ4v) is 3.04. The van der Waals surface area contributed by atoms with Crippen molar-refractivity contribution in [2.45, 2.75) is 12.8 Å². The van der Waals surface area contributed by atoms with Gasteiger partial charge in [-0.2, -0.15) is 0 Å². The Morgan fingerprint density at radius 1 is 1.19 bits per heavy atom. The average molecular weight is 458 g/mol. The highest BCUT2D eigenvalue weighted by molar-refractivity contribution is 14.1. The first-order valence-electron chi connectivity index (χ1n) is 6.82. The zero-order chi connectivity index (χ0) is 15.2. The summed E-state index contributed by atoms with van der Waals surface area (Å²) >= 11 is 5.68. The molecule has 0 heterocycles. The fourth-order valence-electron chi connectivity index (χ4n) is 2.13. The molecule has 0 aliphatic carbocycles. The maximum Gasteiger partial charge on any atom is 0.254 e. The second-order valence-electron chi connectivity index (χ2n) is 4.94. The molecule has 4 heteroatoms. The molecule has 0 saturated carbocycles. The summed E-state index contributed by atoms with van der Waals surface area (Å²) < 4.78 is 1.92. The van der Waals surface area contributed by atoms with Crippen LogP contribution in [0.15, 0.2) is 53.0 Å². The molecular formula is C17H17BrINO. The van der Waals surface area contributed by atoms with Gasteiger partial charge in [0, 0.05) is 21.6 Å². The molecule has 2 rings (SSSR count). The van der Waals surface area contributed by atoms with Gasteiger partial charge in [0.05, 0.1) is 5.56 Å². The third kappa shape index (κ3) is 4.81. The summed E-state index contributed by atoms with van der Waals surface area (Å²) in [5, 5.41) is 0. The lowest BCUT2D eigenvalue weighted by molar-refractivity contribution is 0.0792. The van der Waals surface area contributed by atoms with Crippen LogP contribution in [0.2, 0.25) is 0 Å². The van der Waals surface area contributed by atoms with Crippen LogP contribution in [0.5, 0.6) is 0 Å². The monoisotopic (exact) mass is 457 g/mol. The molecule has 0 aromatic heterocycles. The normalized spacial score (nSPS) is 10.4. The summed E-state index contributed by atoms with van der Waals surface area (Å²) in [6.07, 6.45) is 1.96. The number of rotatable bonds is 5. The molecule has 0 unspecified atom stereocenters. The van der Waals surface area contributed by atoms with Crippen LogP contribution in [0.3, 0.4) is 0 Å². The van der Waals surface area contributed by atoms with Gasteiger partial charge in [-0.15, -0.1) is 0 Å². The maximum atomic E-state index is 12.5. The first kappa shape index (κ1) is 16.5. The number of halogens is 2. The third-order valence-corrected chi connectivity index (χ3v) is 4.67. The van der Waals surface area contributed by atoms with Gasteiger partial charge in [-0.1, -0.05) is 30.3 Å². The van der Waals surface area contributed by atoms with Gasteiger partial charge in [0.1, 0.15) is 0 Å². The molecule has 21 heavy (non-hydrogen) atoms. The number of amides is 1. The van der Waals surface area contributed by atoms with Crippen LogP contribution in [0, 0.1) is 3.57 Å². The lowest BCUT2D eigenvalue weighted by Crippen LogP contribution is -2.28. The van der Waals surface area contributed by atoms with Crippen LogP contribution in [-0.4, -0.2) is 24.4 Å². The van der Waals surface area contributed by atoms with Gasteiger partial charge in [-0.05, 0) is 75.1 Å². The Balaban J connectivity index is 1.92. The molecule has 0 bridgehead atoms. The van der Waals surface area contributed by atoms with Crippen LogP contribution in [0.25, 0.3) is 0 Å². The minimum atomic E-state index is 0.0634. The fraction of sp³-hybridized carbons (Fsp3) is 0.235. The van der Waals surface area contributed by atoms with E-state index in [-0.39, 0.29) is 5.91 Å². The summed E-state index contributed by atoms with van der Waals surface area (Å²) in [5.74, 6) is 0.0634. The van der Waals surface area contributed by atoms with Crippen molar-refractivity contribution in [3.8, 4) is 0 Å². The Hall–Kier alpha value is -0.880. The summed E-state index contributed by atoms with van der Waals surface area (Å²) in [7, 11) is 1.86. The largest absolute Gasteiger partial charge is 0.342 e. The van der Waals surface area contributed by atoms with Crippen molar-refractivity contribution in [3.63, 3.8) is 0 Å². The quantitative estimate of drug-likeness (QED) is 0.593. The maximum absolute atomic E-state index is 12.5. The van der Waals surface area contributed by atoms with Crippen LogP contribution in [0.1, 0.15) is 22.3 Å². The molecule has 1 amide bonds. The lowest BCUT2D eigenvalue weighted by atomic mass is 10.1. The molecule has 0 spiro atoms. The van der Waals surface area contributed by atoms with E-state index in [4.69, 9.17) is 0 Å². The molecule has 0 saturated heterocycles. The van der Waals surface area contributed by atoms with E-state index in [1.54, 1.807) is 4.90 Å². The first-order chi connectivity index (χ1) is 10.1. The van der Waals surface area contributed by atoms with E-state index in [0.29, 0.717) is 0 Å². The number of aryl methyl sites for hydroxylation is 1. The summed E-state index contributed by atoms with van der Waals surface area (Å²) in [6.45, 7) is 0.756. The molecule has 2 aromatic carbocycles. The lowest BCUT2D eigenvalue weighted by Gasteiger charge is -2.18. The van der Waals surface area contributed by atoms with E-state index < -0.39 is 0 Å². The smallest absolute Gasteiger partial charge is 0.254 e. The third-order valence-electron chi connectivity index (χ3n) is 3.31. The highest BCUT2D eigenvalue weighted by Gasteiger charge is 2.14. The van der Waals surface area contributed by atoms with E-state index in [9.17, 15) is 4.79 Å². The molecule has 0 N–H and O–H groups in total. The van der Waals surface area contributed by atoms with Gasteiger partial charge >= 0.3 is 0 Å². The molecule has 110 valence electrons. The number of hydrogen-bond donors (Lipinski definition) is 0. The number of carbonyl (C=O) groups is 1. The predicted molar refractivity (Wildman–Crippen MR) is 98.6 cm³/mol. The van der Waals surface area contributed by atoms with Crippen molar-refractivity contribution in [3.05, 3.63) is 67.7 Å². The highest BCUT2D eigenvalue weighted by Crippen LogP contribution is 2.21. The van der Waals surface area contributed by atoms with E-state index in [1.807, 2.05) is 43.4 Å². The minimum Gasteiger partial charge on any atom is -0.342 e. The SMILES string of the molecule is CN(CCCc1ccccc1)C(=O)c1cc(I)ccc1Br. The van der Waals surface area contributed by atoms with E-state index in [0.717, 1.165) is 33.0 Å². The Morgan fingerprint density at radius 2 is 1.90 bits per heavy atom. The predicted octanol–water partition coefficient (Wildman–Crippen LogP) is 4.76. The second-order valence-corrected chi connectivity index (χ2v) is 7.04. The summed E-state index contributed by atoms with van der Waals surface area (Å²) in [4.78, 5) is 14.2. The van der Waals surface area contributed by atoms with Crippen LogP contribution < -0.4 is 0 Å². The standard InChI is InChI=1S/C17H17BrINO/c1-20(11-5-8-13-6-3-2-4-7-13)17(21)15-12-14(19)9-10-16(15)18/h2-4,6-7,9-10,12H,5,8,11H2,1H3. The van der Waals surface area contributed by atoms with E-state index in [1.165, 1.54) is 5.56 Å². The number of benzene rings is 2. The van der Waals surface area contributed by atoms with Gasteiger partial charge in [0.15, 0.2) is 0 Å².